The fraction of sp³-hybridized carbons (Fsp3) is 0.381. The predicted molar refractivity (Wildman–Crippen MR) is 103 cm³/mol. The Morgan fingerprint density at radius 3 is 2.36 bits per heavy atom. The number of rotatable bonds is 9. The lowest BCUT2D eigenvalue weighted by atomic mass is 10.1. The highest BCUT2D eigenvalue weighted by Gasteiger charge is 2.04. The lowest BCUT2D eigenvalue weighted by Gasteiger charge is -2.09. The molecule has 25 heavy (non-hydrogen) atoms. The molecule has 0 aliphatic rings. The van der Waals surface area contributed by atoms with Gasteiger partial charge in [0.25, 0.3) is 5.91 Å². The quantitative estimate of drug-likeness (QED) is 0.674. The lowest BCUT2D eigenvalue weighted by molar-refractivity contribution is -0.118. The van der Waals surface area contributed by atoms with E-state index in [0.29, 0.717) is 11.7 Å². The van der Waals surface area contributed by atoms with E-state index >= 15 is 0 Å². The van der Waals surface area contributed by atoms with Crippen molar-refractivity contribution in [1.82, 2.24) is 5.32 Å². The number of aryl methyl sites for hydroxylation is 1. The standard InChI is InChI=1S/C21H28N2O2/c1-16(2)12-13-22-14-18-6-10-20(11-7-18)25-15-21(24)23-19-8-4-17(3)5-9-19/h4-11,16,22H,12-15H2,1-3H3,(H,23,24). The van der Waals surface area contributed by atoms with Crippen molar-refractivity contribution in [3.05, 3.63) is 59.7 Å². The smallest absolute Gasteiger partial charge is 0.262 e. The topological polar surface area (TPSA) is 50.4 Å². The first-order chi connectivity index (χ1) is 12.0. The predicted octanol–water partition coefficient (Wildman–Crippen LogP) is 4.15. The number of hydrogen-bond donors (Lipinski definition) is 2. The van der Waals surface area contributed by atoms with Crippen molar-refractivity contribution >= 4 is 11.6 Å². The monoisotopic (exact) mass is 340 g/mol. The fourth-order valence-corrected chi connectivity index (χ4v) is 2.31. The molecule has 2 N–H and O–H groups in total. The first-order valence-electron chi connectivity index (χ1n) is 8.82. The van der Waals surface area contributed by atoms with Crippen LogP contribution in [-0.4, -0.2) is 19.1 Å². The Hall–Kier alpha value is -2.33. The molecule has 0 unspecified atom stereocenters. The molecule has 2 aromatic carbocycles. The van der Waals surface area contributed by atoms with Crippen molar-refractivity contribution < 1.29 is 9.53 Å². The molecule has 1 amide bonds. The van der Waals surface area contributed by atoms with Gasteiger partial charge in [-0.2, -0.15) is 0 Å². The van der Waals surface area contributed by atoms with E-state index in [0.717, 1.165) is 24.3 Å². The second-order valence-corrected chi connectivity index (χ2v) is 6.71. The van der Waals surface area contributed by atoms with Crippen molar-refractivity contribution in [2.24, 2.45) is 5.92 Å². The van der Waals surface area contributed by atoms with Gasteiger partial charge in [0, 0.05) is 12.2 Å². The van der Waals surface area contributed by atoms with E-state index in [1.54, 1.807) is 0 Å². The molecule has 2 rings (SSSR count). The van der Waals surface area contributed by atoms with Crippen molar-refractivity contribution in [3.8, 4) is 5.75 Å². The second kappa shape index (κ2) is 9.84. The van der Waals surface area contributed by atoms with Crippen LogP contribution in [0, 0.1) is 12.8 Å². The van der Waals surface area contributed by atoms with E-state index in [4.69, 9.17) is 4.74 Å². The largest absolute Gasteiger partial charge is 0.484 e. The number of carbonyl (C=O) groups excluding carboxylic acids is 1. The summed E-state index contributed by atoms with van der Waals surface area (Å²) in [5, 5.41) is 6.25. The molecule has 0 heterocycles. The molecule has 0 aromatic heterocycles. The molecule has 0 aliphatic heterocycles. The van der Waals surface area contributed by atoms with Crippen molar-refractivity contribution in [2.45, 2.75) is 33.7 Å². The number of anilines is 1. The van der Waals surface area contributed by atoms with Gasteiger partial charge >= 0.3 is 0 Å². The third kappa shape index (κ3) is 7.40. The Morgan fingerprint density at radius 2 is 1.72 bits per heavy atom. The Kier molecular flexibility index (Phi) is 7.48. The van der Waals surface area contributed by atoms with E-state index < -0.39 is 0 Å². The molecule has 0 spiro atoms. The summed E-state index contributed by atoms with van der Waals surface area (Å²) in [7, 11) is 0. The van der Waals surface area contributed by atoms with Gasteiger partial charge < -0.3 is 15.4 Å². The Morgan fingerprint density at radius 1 is 1.04 bits per heavy atom. The summed E-state index contributed by atoms with van der Waals surface area (Å²) in [6.45, 7) is 8.33. The van der Waals surface area contributed by atoms with Gasteiger partial charge in [-0.15, -0.1) is 0 Å². The average Bonchev–Trinajstić information content (AvgIpc) is 2.60. The maximum absolute atomic E-state index is 11.9. The number of carbonyl (C=O) groups is 1. The summed E-state index contributed by atoms with van der Waals surface area (Å²) < 4.78 is 5.54. The van der Waals surface area contributed by atoms with Gasteiger partial charge in [0.05, 0.1) is 0 Å². The molecule has 0 bridgehead atoms. The molecular weight excluding hydrogens is 312 g/mol. The summed E-state index contributed by atoms with van der Waals surface area (Å²) in [5.74, 6) is 1.25. The zero-order valence-electron chi connectivity index (χ0n) is 15.3. The van der Waals surface area contributed by atoms with Gasteiger partial charge in [-0.3, -0.25) is 4.79 Å². The summed E-state index contributed by atoms with van der Waals surface area (Å²) in [6.07, 6.45) is 1.18. The Labute approximate surface area is 150 Å². The Balaban J connectivity index is 1.71. The van der Waals surface area contributed by atoms with E-state index in [1.165, 1.54) is 12.0 Å². The van der Waals surface area contributed by atoms with E-state index in [2.05, 4.69) is 24.5 Å². The summed E-state index contributed by atoms with van der Waals surface area (Å²) in [5.41, 5.74) is 3.15. The number of amides is 1. The molecule has 0 atom stereocenters. The lowest BCUT2D eigenvalue weighted by Crippen LogP contribution is -2.20. The van der Waals surface area contributed by atoms with Gasteiger partial charge in [-0.05, 0) is 55.6 Å². The first kappa shape index (κ1) is 19.0. The zero-order valence-corrected chi connectivity index (χ0v) is 15.3. The van der Waals surface area contributed by atoms with Crippen molar-refractivity contribution in [1.29, 1.82) is 0 Å². The van der Waals surface area contributed by atoms with Crippen molar-refractivity contribution in [2.75, 3.05) is 18.5 Å². The van der Waals surface area contributed by atoms with Gasteiger partial charge in [0.1, 0.15) is 5.75 Å². The molecule has 4 heteroatoms. The van der Waals surface area contributed by atoms with Gasteiger partial charge in [-0.1, -0.05) is 43.7 Å². The normalized spacial score (nSPS) is 10.7. The van der Waals surface area contributed by atoms with E-state index in [1.807, 2.05) is 55.5 Å². The molecule has 4 nitrogen and oxygen atoms in total. The van der Waals surface area contributed by atoms with E-state index in [-0.39, 0.29) is 12.5 Å². The third-order valence-corrected chi connectivity index (χ3v) is 3.86. The van der Waals surface area contributed by atoms with Crippen LogP contribution >= 0.6 is 0 Å². The summed E-state index contributed by atoms with van der Waals surface area (Å²) in [4.78, 5) is 11.9. The zero-order chi connectivity index (χ0) is 18.1. The fourth-order valence-electron chi connectivity index (χ4n) is 2.31. The molecule has 134 valence electrons. The molecule has 0 saturated heterocycles. The van der Waals surface area contributed by atoms with Crippen LogP contribution in [0.15, 0.2) is 48.5 Å². The highest BCUT2D eigenvalue weighted by atomic mass is 16.5. The highest BCUT2D eigenvalue weighted by Crippen LogP contribution is 2.13. The molecular formula is C21H28N2O2. The molecule has 0 saturated carbocycles. The van der Waals surface area contributed by atoms with Gasteiger partial charge in [0.15, 0.2) is 6.61 Å². The summed E-state index contributed by atoms with van der Waals surface area (Å²) in [6, 6.07) is 15.5. The second-order valence-electron chi connectivity index (χ2n) is 6.71. The molecule has 0 radical (unpaired) electrons. The van der Waals surface area contributed by atoms with Crippen LogP contribution in [0.1, 0.15) is 31.4 Å². The number of ether oxygens (including phenoxy) is 1. The van der Waals surface area contributed by atoms with Crippen LogP contribution in [0.3, 0.4) is 0 Å². The van der Waals surface area contributed by atoms with Crippen LogP contribution in [0.25, 0.3) is 0 Å². The van der Waals surface area contributed by atoms with Crippen LogP contribution in [0.5, 0.6) is 5.75 Å². The number of benzene rings is 2. The number of hydrogen-bond acceptors (Lipinski definition) is 3. The third-order valence-electron chi connectivity index (χ3n) is 3.86. The van der Waals surface area contributed by atoms with E-state index in [9.17, 15) is 4.79 Å². The first-order valence-corrected chi connectivity index (χ1v) is 8.82. The van der Waals surface area contributed by atoms with Crippen LogP contribution in [0.2, 0.25) is 0 Å². The minimum absolute atomic E-state index is 0.000137. The highest BCUT2D eigenvalue weighted by molar-refractivity contribution is 5.91. The average molecular weight is 340 g/mol. The SMILES string of the molecule is Cc1ccc(NC(=O)COc2ccc(CNCCC(C)C)cc2)cc1. The Bertz CT molecular complexity index is 649. The molecule has 0 aliphatic carbocycles. The van der Waals surface area contributed by atoms with Gasteiger partial charge in [-0.25, -0.2) is 0 Å². The van der Waals surface area contributed by atoms with Crippen LogP contribution in [-0.2, 0) is 11.3 Å². The molecule has 2 aromatic rings. The summed E-state index contributed by atoms with van der Waals surface area (Å²) >= 11 is 0. The number of nitrogens with one attached hydrogen (secondary N) is 2. The maximum atomic E-state index is 11.9. The van der Waals surface area contributed by atoms with Crippen LogP contribution < -0.4 is 15.4 Å². The minimum atomic E-state index is -0.164. The van der Waals surface area contributed by atoms with Crippen LogP contribution in [0.4, 0.5) is 5.69 Å². The van der Waals surface area contributed by atoms with Crippen molar-refractivity contribution in [3.63, 3.8) is 0 Å². The minimum Gasteiger partial charge on any atom is -0.484 e. The molecule has 0 fully saturated rings. The van der Waals surface area contributed by atoms with Gasteiger partial charge in [0.2, 0.25) is 0 Å². The maximum Gasteiger partial charge on any atom is 0.262 e.